The largest absolute Gasteiger partial charge is 0.469 e. The van der Waals surface area contributed by atoms with Crippen LogP contribution in [-0.4, -0.2) is 160 Å². The van der Waals surface area contributed by atoms with E-state index in [0.29, 0.717) is 68.9 Å². The van der Waals surface area contributed by atoms with Crippen molar-refractivity contribution in [1.82, 2.24) is 0 Å². The first-order chi connectivity index (χ1) is 36.8. The molecule has 0 aromatic heterocycles. The average Bonchev–Trinajstić information content (AvgIpc) is 4.36. The standard InChI is InChI=1S/C31H58O6.C19H34O2.C9H20O7.C2H6/c1-6-8-12-15-27-29(36-27)18-30-28(37-30)16-13-10-9-11-14-17-31(32)35-23-26(5)22-34-21-25(4)20-33-19-24(3)7-2;1-3-4-5-6-7-8-9-10-11-12-13-14-15-16-17-18-19(20)21-2;10-1-7(12)3-15-5-9(14)6-16-4-8(13)2-11;1-2/h24-30H,6-23H2,1-5H3;7-8,10-11H,3-6,9,12-18H2,1-2H3;7-14H,1-6H2;1-2H3/b;8-7-,11-10-;;. The fourth-order valence-corrected chi connectivity index (χ4v) is 7.73. The van der Waals surface area contributed by atoms with Gasteiger partial charge in [0, 0.05) is 37.7 Å². The Morgan fingerprint density at radius 3 is 1.36 bits per heavy atom. The third kappa shape index (κ3) is 52.7. The number of epoxide rings is 2. The van der Waals surface area contributed by atoms with Crippen molar-refractivity contribution in [2.24, 2.45) is 17.8 Å². The van der Waals surface area contributed by atoms with E-state index in [1.54, 1.807) is 0 Å². The molecule has 0 aliphatic carbocycles. The summed E-state index contributed by atoms with van der Waals surface area (Å²) in [6.07, 6.45) is 36.8. The van der Waals surface area contributed by atoms with E-state index in [2.05, 4.69) is 70.6 Å². The van der Waals surface area contributed by atoms with Gasteiger partial charge in [-0.05, 0) is 63.7 Å². The van der Waals surface area contributed by atoms with Gasteiger partial charge in [-0.3, -0.25) is 9.59 Å². The highest BCUT2D eigenvalue weighted by Gasteiger charge is 2.47. The molecule has 2 aliphatic rings. The fourth-order valence-electron chi connectivity index (χ4n) is 7.73. The number of aliphatic hydroxyl groups excluding tert-OH is 5. The predicted octanol–water partition coefficient (Wildman–Crippen LogP) is 11.2. The van der Waals surface area contributed by atoms with Crippen molar-refractivity contribution in [2.45, 2.75) is 259 Å². The molecule has 9 unspecified atom stereocenters. The third-order valence-corrected chi connectivity index (χ3v) is 12.9. The number of aliphatic hydroxyl groups is 5. The molecule has 2 aliphatic heterocycles. The van der Waals surface area contributed by atoms with Crippen LogP contribution in [0, 0.1) is 17.8 Å². The number of esters is 2. The van der Waals surface area contributed by atoms with E-state index in [9.17, 15) is 14.7 Å². The summed E-state index contributed by atoms with van der Waals surface area (Å²) in [5, 5.41) is 44.0. The molecule has 76 heavy (non-hydrogen) atoms. The number of unbranched alkanes of at least 4 members (excludes halogenated alkanes) is 14. The Labute approximate surface area is 463 Å². The summed E-state index contributed by atoms with van der Waals surface area (Å²) in [5.74, 6) is 1.04. The molecule has 452 valence electrons. The van der Waals surface area contributed by atoms with Crippen LogP contribution in [0.3, 0.4) is 0 Å². The number of allylic oxidation sites excluding steroid dienone is 4. The number of rotatable bonds is 49. The lowest BCUT2D eigenvalue weighted by molar-refractivity contribution is -0.145. The molecule has 2 saturated heterocycles. The summed E-state index contributed by atoms with van der Waals surface area (Å²) in [4.78, 5) is 22.9. The second-order valence-electron chi connectivity index (χ2n) is 20.9. The van der Waals surface area contributed by atoms with Gasteiger partial charge in [-0.2, -0.15) is 0 Å². The summed E-state index contributed by atoms with van der Waals surface area (Å²) < 4.78 is 43.0. The van der Waals surface area contributed by atoms with Crippen LogP contribution < -0.4 is 0 Å². The van der Waals surface area contributed by atoms with Crippen LogP contribution >= 0.6 is 0 Å². The highest BCUT2D eigenvalue weighted by molar-refractivity contribution is 5.69. The van der Waals surface area contributed by atoms with E-state index in [0.717, 1.165) is 58.2 Å². The number of methoxy groups -OCH3 is 1. The number of carbonyl (C=O) groups excluding carboxylic acids is 2. The first kappa shape index (κ1) is 76.0. The second kappa shape index (κ2) is 56.3. The molecule has 0 aromatic rings. The highest BCUT2D eigenvalue weighted by Crippen LogP contribution is 2.39. The minimum absolute atomic E-state index is 0.0354. The first-order valence-corrected chi connectivity index (χ1v) is 30.2. The van der Waals surface area contributed by atoms with Crippen molar-refractivity contribution >= 4 is 11.9 Å². The van der Waals surface area contributed by atoms with Crippen LogP contribution in [0.1, 0.15) is 216 Å². The Hall–Kier alpha value is -2.02. The van der Waals surface area contributed by atoms with Gasteiger partial charge in [0.2, 0.25) is 0 Å². The molecular weight excluding hydrogens is 973 g/mol. The molecule has 0 spiro atoms. The van der Waals surface area contributed by atoms with Gasteiger partial charge in [-0.25, -0.2) is 0 Å². The van der Waals surface area contributed by atoms with Gasteiger partial charge in [-0.15, -0.1) is 0 Å². The normalized spacial score (nSPS) is 19.0. The molecule has 2 rings (SSSR count). The van der Waals surface area contributed by atoms with Crippen LogP contribution in [0.5, 0.6) is 0 Å². The lowest BCUT2D eigenvalue weighted by Gasteiger charge is -2.17. The third-order valence-electron chi connectivity index (χ3n) is 12.9. The molecule has 0 amide bonds. The second-order valence-corrected chi connectivity index (χ2v) is 20.9. The summed E-state index contributed by atoms with van der Waals surface area (Å²) >= 11 is 0. The Morgan fingerprint density at radius 2 is 0.868 bits per heavy atom. The van der Waals surface area contributed by atoms with Gasteiger partial charge in [0.1, 0.15) is 18.3 Å². The lowest BCUT2D eigenvalue weighted by Crippen LogP contribution is -2.28. The maximum absolute atomic E-state index is 12.0. The summed E-state index contributed by atoms with van der Waals surface area (Å²) in [7, 11) is 1.45. The molecular formula is C61H118O15. The Bertz CT molecular complexity index is 1290. The van der Waals surface area contributed by atoms with Crippen molar-refractivity contribution in [2.75, 3.05) is 79.8 Å². The van der Waals surface area contributed by atoms with Crippen LogP contribution in [0.4, 0.5) is 0 Å². The summed E-state index contributed by atoms with van der Waals surface area (Å²) in [5.41, 5.74) is 0. The Kier molecular flexibility index (Phi) is 56.3. The smallest absolute Gasteiger partial charge is 0.305 e. The van der Waals surface area contributed by atoms with E-state index in [-0.39, 0.29) is 44.3 Å². The summed E-state index contributed by atoms with van der Waals surface area (Å²) in [6.45, 7) is 19.4. The van der Waals surface area contributed by atoms with Gasteiger partial charge in [-0.1, -0.05) is 163 Å². The topological polar surface area (TPSA) is 216 Å². The van der Waals surface area contributed by atoms with Crippen LogP contribution in [-0.2, 0) is 47.5 Å². The van der Waals surface area contributed by atoms with E-state index in [1.165, 1.54) is 110 Å². The molecule has 2 heterocycles. The monoisotopic (exact) mass is 1090 g/mol. The first-order valence-electron chi connectivity index (χ1n) is 30.2. The van der Waals surface area contributed by atoms with Crippen LogP contribution in [0.15, 0.2) is 24.3 Å². The van der Waals surface area contributed by atoms with Crippen molar-refractivity contribution in [3.63, 3.8) is 0 Å². The van der Waals surface area contributed by atoms with Crippen LogP contribution in [0.2, 0.25) is 0 Å². The number of ether oxygens (including phenoxy) is 8. The van der Waals surface area contributed by atoms with Crippen LogP contribution in [0.25, 0.3) is 0 Å². The maximum atomic E-state index is 12.0. The van der Waals surface area contributed by atoms with Gasteiger partial charge in [0.05, 0.1) is 97.6 Å². The molecule has 0 radical (unpaired) electrons. The average molecular weight is 1090 g/mol. The zero-order valence-corrected chi connectivity index (χ0v) is 49.9. The van der Waals surface area contributed by atoms with Gasteiger partial charge < -0.3 is 63.4 Å². The fraction of sp³-hybridized carbons (Fsp3) is 0.902. The van der Waals surface area contributed by atoms with E-state index in [1.807, 2.05) is 13.8 Å². The van der Waals surface area contributed by atoms with E-state index >= 15 is 0 Å². The minimum Gasteiger partial charge on any atom is -0.469 e. The molecule has 0 bridgehead atoms. The van der Waals surface area contributed by atoms with Crippen molar-refractivity contribution < 1.29 is 73.0 Å². The quantitative estimate of drug-likeness (QED) is 0.0166. The van der Waals surface area contributed by atoms with Gasteiger partial charge in [0.25, 0.3) is 0 Å². The Balaban J connectivity index is 0. The molecule has 2 fully saturated rings. The van der Waals surface area contributed by atoms with E-state index in [4.69, 9.17) is 53.6 Å². The van der Waals surface area contributed by atoms with Crippen molar-refractivity contribution in [3.05, 3.63) is 24.3 Å². The zero-order valence-electron chi connectivity index (χ0n) is 49.9. The number of hydrogen-bond donors (Lipinski definition) is 5. The number of hydrogen-bond acceptors (Lipinski definition) is 15. The Morgan fingerprint density at radius 1 is 0.474 bits per heavy atom. The van der Waals surface area contributed by atoms with Gasteiger partial charge in [0.15, 0.2) is 0 Å². The number of carbonyl (C=O) groups is 2. The van der Waals surface area contributed by atoms with E-state index < -0.39 is 31.5 Å². The van der Waals surface area contributed by atoms with Gasteiger partial charge >= 0.3 is 11.9 Å². The molecule has 15 heteroatoms. The molecule has 15 nitrogen and oxygen atoms in total. The predicted molar refractivity (Wildman–Crippen MR) is 305 cm³/mol. The van der Waals surface area contributed by atoms with Crippen molar-refractivity contribution in [1.29, 1.82) is 0 Å². The maximum Gasteiger partial charge on any atom is 0.305 e. The van der Waals surface area contributed by atoms with Crippen molar-refractivity contribution in [3.8, 4) is 0 Å². The molecule has 0 aromatic carbocycles. The lowest BCUT2D eigenvalue weighted by atomic mass is 10.0. The SMILES string of the molecule is CC.CCCCC/C=C\C/C=C\CCCCCCCC(=O)OC.CCCCCC1OC1CC1OC1CCCCCCCC(=O)OCC(C)COCC(C)COCC(C)CC.OCC(O)COCC(O)COCC(O)CO. The highest BCUT2D eigenvalue weighted by atomic mass is 16.6. The molecule has 9 atom stereocenters. The zero-order chi connectivity index (χ0) is 56.9. The molecule has 5 N–H and O–H groups in total. The minimum atomic E-state index is -0.954. The molecule has 0 saturated carbocycles. The summed E-state index contributed by atoms with van der Waals surface area (Å²) in [6, 6.07) is 0.